The summed E-state index contributed by atoms with van der Waals surface area (Å²) in [6, 6.07) is 8.38. The summed E-state index contributed by atoms with van der Waals surface area (Å²) in [6.07, 6.45) is 0.911. The zero-order chi connectivity index (χ0) is 15.0. The molecule has 1 aromatic carbocycles. The van der Waals surface area contributed by atoms with Gasteiger partial charge in [-0.05, 0) is 18.9 Å². The number of aryl methyl sites for hydroxylation is 1. The highest BCUT2D eigenvalue weighted by atomic mass is 16.5. The Balaban J connectivity index is 2.60. The summed E-state index contributed by atoms with van der Waals surface area (Å²) in [5, 5.41) is 9.05. The lowest BCUT2D eigenvalue weighted by Gasteiger charge is -2.24. The van der Waals surface area contributed by atoms with Crippen LogP contribution in [0.3, 0.4) is 0 Å². The van der Waals surface area contributed by atoms with Crippen molar-refractivity contribution >= 4 is 5.97 Å². The van der Waals surface area contributed by atoms with Gasteiger partial charge in [0.2, 0.25) is 0 Å². The first-order valence-electron chi connectivity index (χ1n) is 7.02. The number of aliphatic carboxylic acids is 1. The molecule has 4 heteroatoms. The molecule has 0 bridgehead atoms. The Morgan fingerprint density at radius 2 is 2.00 bits per heavy atom. The predicted molar refractivity (Wildman–Crippen MR) is 79.7 cm³/mol. The Kier molecular flexibility index (Phi) is 7.26. The molecular formula is C16H25NO3. The molecule has 0 aliphatic rings. The molecule has 0 amide bonds. The molecule has 20 heavy (non-hydrogen) atoms. The van der Waals surface area contributed by atoms with Crippen LogP contribution in [-0.4, -0.2) is 42.8 Å². The second kappa shape index (κ2) is 8.72. The third-order valence-electron chi connectivity index (χ3n) is 3.30. The van der Waals surface area contributed by atoms with Crippen molar-refractivity contribution in [2.45, 2.75) is 26.8 Å². The highest BCUT2D eigenvalue weighted by Crippen LogP contribution is 2.10. The van der Waals surface area contributed by atoms with Crippen LogP contribution in [0, 0.1) is 12.8 Å². The van der Waals surface area contributed by atoms with E-state index in [0.717, 1.165) is 19.5 Å². The summed E-state index contributed by atoms with van der Waals surface area (Å²) in [4.78, 5) is 13.2. The van der Waals surface area contributed by atoms with E-state index in [0.29, 0.717) is 13.2 Å². The maximum Gasteiger partial charge on any atom is 0.307 e. The molecule has 0 radical (unpaired) electrons. The molecule has 0 fully saturated rings. The number of methoxy groups -OCH3 is 1. The van der Waals surface area contributed by atoms with Gasteiger partial charge in [-0.3, -0.25) is 9.69 Å². The molecule has 1 N–H and O–H groups in total. The van der Waals surface area contributed by atoms with Gasteiger partial charge in [-0.25, -0.2) is 0 Å². The molecule has 4 nitrogen and oxygen atoms in total. The first kappa shape index (κ1) is 16.7. The van der Waals surface area contributed by atoms with E-state index in [1.165, 1.54) is 11.1 Å². The lowest BCUT2D eigenvalue weighted by Crippen LogP contribution is -2.32. The Hall–Kier alpha value is -1.39. The molecular weight excluding hydrogens is 254 g/mol. The minimum absolute atomic E-state index is 0.358. The van der Waals surface area contributed by atoms with E-state index < -0.39 is 5.97 Å². The first-order chi connectivity index (χ1) is 9.52. The quantitative estimate of drug-likeness (QED) is 0.706. The summed E-state index contributed by atoms with van der Waals surface area (Å²) in [6.45, 7) is 6.70. The van der Waals surface area contributed by atoms with Crippen molar-refractivity contribution in [1.29, 1.82) is 0 Å². The molecule has 1 rings (SSSR count). The van der Waals surface area contributed by atoms with Gasteiger partial charge in [-0.15, -0.1) is 0 Å². The number of nitrogens with zero attached hydrogens (tertiary/aromatic N) is 1. The minimum Gasteiger partial charge on any atom is -0.481 e. The van der Waals surface area contributed by atoms with E-state index in [9.17, 15) is 4.79 Å². The van der Waals surface area contributed by atoms with Gasteiger partial charge in [-0.2, -0.15) is 0 Å². The maximum absolute atomic E-state index is 11.0. The van der Waals surface area contributed by atoms with Crippen LogP contribution in [0.5, 0.6) is 0 Å². The number of ether oxygens (including phenoxy) is 1. The van der Waals surface area contributed by atoms with E-state index in [-0.39, 0.29) is 5.92 Å². The number of carboxylic acid groups (broad SMARTS) is 1. The molecule has 1 unspecified atom stereocenters. The van der Waals surface area contributed by atoms with Crippen molar-refractivity contribution in [2.24, 2.45) is 5.92 Å². The van der Waals surface area contributed by atoms with Crippen LogP contribution in [-0.2, 0) is 16.1 Å². The topological polar surface area (TPSA) is 49.8 Å². The number of carbonyl (C=O) groups is 1. The van der Waals surface area contributed by atoms with Crippen LogP contribution in [0.25, 0.3) is 0 Å². The van der Waals surface area contributed by atoms with Gasteiger partial charge in [-0.1, -0.05) is 36.8 Å². The first-order valence-corrected chi connectivity index (χ1v) is 7.02. The van der Waals surface area contributed by atoms with Crippen molar-refractivity contribution in [2.75, 3.05) is 26.8 Å². The highest BCUT2D eigenvalue weighted by Gasteiger charge is 2.16. The van der Waals surface area contributed by atoms with Crippen LogP contribution < -0.4 is 0 Å². The molecule has 0 saturated heterocycles. The highest BCUT2D eigenvalue weighted by molar-refractivity contribution is 5.69. The number of carboxylic acids is 1. The van der Waals surface area contributed by atoms with Crippen LogP contribution in [0.1, 0.15) is 24.5 Å². The van der Waals surface area contributed by atoms with Gasteiger partial charge in [0.1, 0.15) is 0 Å². The molecule has 1 atom stereocenters. The molecule has 0 saturated carbocycles. The number of hydrogen-bond acceptors (Lipinski definition) is 3. The zero-order valence-corrected chi connectivity index (χ0v) is 12.6. The number of benzene rings is 1. The van der Waals surface area contributed by atoms with Crippen molar-refractivity contribution in [1.82, 2.24) is 4.90 Å². The standard InChI is InChI=1S/C16H25NO3/c1-13-5-7-15(8-6-13)12-17(9-4-10-20-3)11-14(2)16(18)19/h5-8,14H,4,9-12H2,1-3H3,(H,18,19). The van der Waals surface area contributed by atoms with Crippen molar-refractivity contribution in [3.8, 4) is 0 Å². The zero-order valence-electron chi connectivity index (χ0n) is 12.6. The molecule has 112 valence electrons. The Labute approximate surface area is 121 Å². The predicted octanol–water partition coefficient (Wildman–Crippen LogP) is 2.55. The van der Waals surface area contributed by atoms with Gasteiger partial charge in [0.05, 0.1) is 5.92 Å². The fourth-order valence-corrected chi connectivity index (χ4v) is 2.08. The summed E-state index contributed by atoms with van der Waals surface area (Å²) < 4.78 is 5.07. The second-order valence-corrected chi connectivity index (χ2v) is 5.31. The molecule has 0 spiro atoms. The second-order valence-electron chi connectivity index (χ2n) is 5.31. The van der Waals surface area contributed by atoms with E-state index in [1.54, 1.807) is 14.0 Å². The molecule has 0 aliphatic carbocycles. The maximum atomic E-state index is 11.0. The fourth-order valence-electron chi connectivity index (χ4n) is 2.08. The van der Waals surface area contributed by atoms with Crippen molar-refractivity contribution < 1.29 is 14.6 Å². The molecule has 0 heterocycles. The lowest BCUT2D eigenvalue weighted by atomic mass is 10.1. The summed E-state index contributed by atoms with van der Waals surface area (Å²) >= 11 is 0. The van der Waals surface area contributed by atoms with Crippen molar-refractivity contribution in [3.05, 3.63) is 35.4 Å². The third kappa shape index (κ3) is 6.17. The molecule has 1 aromatic rings. The van der Waals surface area contributed by atoms with E-state index in [1.807, 2.05) is 0 Å². The number of rotatable bonds is 9. The van der Waals surface area contributed by atoms with Gasteiger partial charge in [0, 0.05) is 33.4 Å². The summed E-state index contributed by atoms with van der Waals surface area (Å²) in [5.41, 5.74) is 2.45. The van der Waals surface area contributed by atoms with E-state index >= 15 is 0 Å². The van der Waals surface area contributed by atoms with Crippen molar-refractivity contribution in [3.63, 3.8) is 0 Å². The van der Waals surface area contributed by atoms with Crippen LogP contribution in [0.15, 0.2) is 24.3 Å². The Morgan fingerprint density at radius 3 is 2.55 bits per heavy atom. The Morgan fingerprint density at radius 1 is 1.35 bits per heavy atom. The average Bonchev–Trinajstić information content (AvgIpc) is 2.41. The Bertz CT molecular complexity index is 403. The SMILES string of the molecule is COCCCN(Cc1ccc(C)cc1)CC(C)C(=O)O. The average molecular weight is 279 g/mol. The van der Waals surface area contributed by atoms with Crippen LogP contribution in [0.2, 0.25) is 0 Å². The van der Waals surface area contributed by atoms with E-state index in [2.05, 4.69) is 36.1 Å². The monoisotopic (exact) mass is 279 g/mol. The third-order valence-corrected chi connectivity index (χ3v) is 3.30. The van der Waals surface area contributed by atoms with Crippen LogP contribution >= 0.6 is 0 Å². The van der Waals surface area contributed by atoms with Gasteiger partial charge in [0.25, 0.3) is 0 Å². The molecule has 0 aromatic heterocycles. The largest absolute Gasteiger partial charge is 0.481 e. The minimum atomic E-state index is -0.745. The normalized spacial score (nSPS) is 12.6. The van der Waals surface area contributed by atoms with Gasteiger partial charge >= 0.3 is 5.97 Å². The van der Waals surface area contributed by atoms with E-state index in [4.69, 9.17) is 9.84 Å². The number of hydrogen-bond donors (Lipinski definition) is 1. The van der Waals surface area contributed by atoms with Crippen LogP contribution in [0.4, 0.5) is 0 Å². The summed E-state index contributed by atoms with van der Waals surface area (Å²) in [7, 11) is 1.68. The van der Waals surface area contributed by atoms with Gasteiger partial charge < -0.3 is 9.84 Å². The fraction of sp³-hybridized carbons (Fsp3) is 0.562. The van der Waals surface area contributed by atoms with Gasteiger partial charge in [0.15, 0.2) is 0 Å². The summed E-state index contributed by atoms with van der Waals surface area (Å²) in [5.74, 6) is -1.10. The smallest absolute Gasteiger partial charge is 0.307 e. The lowest BCUT2D eigenvalue weighted by molar-refractivity contribution is -0.141. The molecule has 0 aliphatic heterocycles.